The molecule has 146 valence electrons. The van der Waals surface area contributed by atoms with Crippen LogP contribution >= 0.6 is 0 Å². The Kier molecular flexibility index (Phi) is 5.60. The summed E-state index contributed by atoms with van der Waals surface area (Å²) in [6, 6.07) is 17.3. The largest absolute Gasteiger partial charge is 0.455 e. The number of anilines is 1. The number of carbonyl (C=O) groups excluding carboxylic acids is 2. The topological polar surface area (TPSA) is 58.6 Å². The molecule has 2 fully saturated rings. The van der Waals surface area contributed by atoms with Crippen LogP contribution in [0.1, 0.15) is 38.5 Å². The van der Waals surface area contributed by atoms with Gasteiger partial charge in [0, 0.05) is 19.0 Å². The van der Waals surface area contributed by atoms with E-state index in [1.165, 1.54) is 19.3 Å². The Balaban J connectivity index is 1.46. The van der Waals surface area contributed by atoms with E-state index in [2.05, 4.69) is 5.32 Å². The SMILES string of the molecule is O=C(NC1CCCCC1)C1CC(=O)N(c2ccccc2Oc2ccccc2)C1. The predicted molar refractivity (Wildman–Crippen MR) is 108 cm³/mol. The molecule has 0 aromatic heterocycles. The highest BCUT2D eigenvalue weighted by atomic mass is 16.5. The Morgan fingerprint density at radius 1 is 0.964 bits per heavy atom. The van der Waals surface area contributed by atoms with Gasteiger partial charge in [-0.3, -0.25) is 9.59 Å². The van der Waals surface area contributed by atoms with Gasteiger partial charge in [0.05, 0.1) is 11.6 Å². The molecule has 0 bridgehead atoms. The fourth-order valence-corrected chi connectivity index (χ4v) is 4.06. The van der Waals surface area contributed by atoms with Crippen LogP contribution in [0.3, 0.4) is 0 Å². The van der Waals surface area contributed by atoms with E-state index in [-0.39, 0.29) is 30.2 Å². The van der Waals surface area contributed by atoms with Crippen LogP contribution in [0.15, 0.2) is 54.6 Å². The number of rotatable bonds is 5. The molecule has 1 saturated heterocycles. The summed E-state index contributed by atoms with van der Waals surface area (Å²) < 4.78 is 5.99. The number of carbonyl (C=O) groups is 2. The first kappa shape index (κ1) is 18.5. The van der Waals surface area contributed by atoms with Gasteiger partial charge in [0.25, 0.3) is 0 Å². The van der Waals surface area contributed by atoms with E-state index in [1.54, 1.807) is 4.90 Å². The summed E-state index contributed by atoms with van der Waals surface area (Å²) >= 11 is 0. The van der Waals surface area contributed by atoms with Crippen molar-refractivity contribution >= 4 is 17.5 Å². The normalized spacial score (nSPS) is 20.2. The van der Waals surface area contributed by atoms with E-state index >= 15 is 0 Å². The smallest absolute Gasteiger partial charge is 0.227 e. The highest BCUT2D eigenvalue weighted by Gasteiger charge is 2.37. The molecule has 0 radical (unpaired) electrons. The van der Waals surface area contributed by atoms with Crippen LogP contribution in [-0.4, -0.2) is 24.4 Å². The lowest BCUT2D eigenvalue weighted by atomic mass is 9.95. The third kappa shape index (κ3) is 4.19. The summed E-state index contributed by atoms with van der Waals surface area (Å²) in [4.78, 5) is 27.1. The molecule has 5 heteroatoms. The second-order valence-electron chi connectivity index (χ2n) is 7.63. The first-order chi connectivity index (χ1) is 13.7. The summed E-state index contributed by atoms with van der Waals surface area (Å²) in [5.41, 5.74) is 0.712. The molecule has 1 aliphatic heterocycles. The summed E-state index contributed by atoms with van der Waals surface area (Å²) in [5, 5.41) is 3.16. The maximum Gasteiger partial charge on any atom is 0.227 e. The fraction of sp³-hybridized carbons (Fsp3) is 0.391. The maximum atomic E-state index is 12.7. The van der Waals surface area contributed by atoms with Crippen LogP contribution in [0.25, 0.3) is 0 Å². The summed E-state index contributed by atoms with van der Waals surface area (Å²) in [6.45, 7) is 0.395. The average Bonchev–Trinajstić information content (AvgIpc) is 3.12. The number of benzene rings is 2. The zero-order valence-electron chi connectivity index (χ0n) is 16.0. The first-order valence-corrected chi connectivity index (χ1v) is 10.1. The molecule has 2 aromatic rings. The molecule has 4 rings (SSSR count). The second kappa shape index (κ2) is 8.46. The lowest BCUT2D eigenvalue weighted by molar-refractivity contribution is -0.127. The molecule has 1 unspecified atom stereocenters. The second-order valence-corrected chi connectivity index (χ2v) is 7.63. The first-order valence-electron chi connectivity index (χ1n) is 10.1. The molecule has 2 aromatic carbocycles. The van der Waals surface area contributed by atoms with Gasteiger partial charge in [-0.05, 0) is 37.1 Å². The Morgan fingerprint density at radius 3 is 2.46 bits per heavy atom. The number of nitrogens with zero attached hydrogens (tertiary/aromatic N) is 1. The van der Waals surface area contributed by atoms with E-state index in [1.807, 2.05) is 54.6 Å². The van der Waals surface area contributed by atoms with Crippen LogP contribution < -0.4 is 15.0 Å². The minimum Gasteiger partial charge on any atom is -0.455 e. The van der Waals surface area contributed by atoms with E-state index in [0.29, 0.717) is 23.7 Å². The highest BCUT2D eigenvalue weighted by molar-refractivity contribution is 6.01. The van der Waals surface area contributed by atoms with Crippen LogP contribution in [0.5, 0.6) is 11.5 Å². The molecule has 1 aliphatic carbocycles. The highest BCUT2D eigenvalue weighted by Crippen LogP contribution is 2.35. The van der Waals surface area contributed by atoms with Gasteiger partial charge in [0.2, 0.25) is 11.8 Å². The van der Waals surface area contributed by atoms with Crippen molar-refractivity contribution in [2.75, 3.05) is 11.4 Å². The number of nitrogens with one attached hydrogen (secondary N) is 1. The van der Waals surface area contributed by atoms with Gasteiger partial charge in [-0.15, -0.1) is 0 Å². The van der Waals surface area contributed by atoms with Gasteiger partial charge in [-0.25, -0.2) is 0 Å². The molecule has 1 N–H and O–H groups in total. The van der Waals surface area contributed by atoms with Crippen LogP contribution in [-0.2, 0) is 9.59 Å². The van der Waals surface area contributed by atoms with Crippen molar-refractivity contribution in [2.24, 2.45) is 5.92 Å². The van der Waals surface area contributed by atoms with Gasteiger partial charge >= 0.3 is 0 Å². The summed E-state index contributed by atoms with van der Waals surface area (Å²) in [5.74, 6) is 1.000. The Hall–Kier alpha value is -2.82. The molecule has 2 amide bonds. The molecule has 0 spiro atoms. The number of amides is 2. The van der Waals surface area contributed by atoms with E-state index in [9.17, 15) is 9.59 Å². The van der Waals surface area contributed by atoms with Gasteiger partial charge in [-0.1, -0.05) is 49.6 Å². The van der Waals surface area contributed by atoms with E-state index in [4.69, 9.17) is 4.74 Å². The van der Waals surface area contributed by atoms with Gasteiger partial charge in [0.15, 0.2) is 5.75 Å². The van der Waals surface area contributed by atoms with Gasteiger partial charge in [-0.2, -0.15) is 0 Å². The lowest BCUT2D eigenvalue weighted by Crippen LogP contribution is -2.40. The number of ether oxygens (including phenoxy) is 1. The molecule has 1 heterocycles. The standard InChI is InChI=1S/C23H26N2O3/c26-22-15-17(23(27)24-18-9-3-1-4-10-18)16-25(22)20-13-7-8-14-21(20)28-19-11-5-2-6-12-19/h2,5-8,11-14,17-18H,1,3-4,9-10,15-16H2,(H,24,27). The maximum absolute atomic E-state index is 12.7. The molecular formula is C23H26N2O3. The molecule has 1 saturated carbocycles. The zero-order valence-corrected chi connectivity index (χ0v) is 16.0. The summed E-state index contributed by atoms with van der Waals surface area (Å²) in [6.07, 6.45) is 5.93. The number of hydrogen-bond acceptors (Lipinski definition) is 3. The molecular weight excluding hydrogens is 352 g/mol. The van der Waals surface area contributed by atoms with Crippen molar-refractivity contribution < 1.29 is 14.3 Å². The average molecular weight is 378 g/mol. The Labute approximate surface area is 165 Å². The third-order valence-electron chi connectivity index (χ3n) is 5.57. The van der Waals surface area contributed by atoms with Crippen LogP contribution in [0.4, 0.5) is 5.69 Å². The van der Waals surface area contributed by atoms with E-state index < -0.39 is 0 Å². The third-order valence-corrected chi connectivity index (χ3v) is 5.57. The predicted octanol–water partition coefficient (Wildman–Crippen LogP) is 4.28. The molecule has 28 heavy (non-hydrogen) atoms. The lowest BCUT2D eigenvalue weighted by Gasteiger charge is -2.24. The van der Waals surface area contributed by atoms with Crippen molar-refractivity contribution in [2.45, 2.75) is 44.6 Å². The van der Waals surface area contributed by atoms with Crippen LogP contribution in [0, 0.1) is 5.92 Å². The van der Waals surface area contributed by atoms with Gasteiger partial charge < -0.3 is 15.0 Å². The minimum atomic E-state index is -0.306. The zero-order chi connectivity index (χ0) is 19.3. The Bertz CT molecular complexity index is 831. The molecule has 1 atom stereocenters. The fourth-order valence-electron chi connectivity index (χ4n) is 4.06. The summed E-state index contributed by atoms with van der Waals surface area (Å²) in [7, 11) is 0. The van der Waals surface area contributed by atoms with Gasteiger partial charge in [0.1, 0.15) is 5.75 Å². The molecule has 2 aliphatic rings. The monoisotopic (exact) mass is 378 g/mol. The van der Waals surface area contributed by atoms with Crippen molar-refractivity contribution in [3.63, 3.8) is 0 Å². The quantitative estimate of drug-likeness (QED) is 0.845. The molecule has 5 nitrogen and oxygen atoms in total. The Morgan fingerprint density at radius 2 is 1.68 bits per heavy atom. The number of hydrogen-bond donors (Lipinski definition) is 1. The van der Waals surface area contributed by atoms with Crippen molar-refractivity contribution in [3.05, 3.63) is 54.6 Å². The van der Waals surface area contributed by atoms with Crippen LogP contribution in [0.2, 0.25) is 0 Å². The van der Waals surface area contributed by atoms with Crippen molar-refractivity contribution in [3.8, 4) is 11.5 Å². The van der Waals surface area contributed by atoms with Crippen molar-refractivity contribution in [1.29, 1.82) is 0 Å². The minimum absolute atomic E-state index is 0.00390. The number of para-hydroxylation sites is 3. The van der Waals surface area contributed by atoms with Crippen molar-refractivity contribution in [1.82, 2.24) is 5.32 Å². The van der Waals surface area contributed by atoms with E-state index in [0.717, 1.165) is 12.8 Å².